The van der Waals surface area contributed by atoms with E-state index in [-0.39, 0.29) is 17.4 Å². The highest BCUT2D eigenvalue weighted by Gasteiger charge is 2.20. The standard InChI is InChI=1S/C26H43N7O2/c1-9-16-27-23-21(19-29-25(30-23)31-26(3,4)5)14-11-10-12-17-28-24(35)20(2)33(8)22(34)15-13-18-32(6)7/h13,15,19-20H,9-10,12,16-18H2,1-8H3,(H,28,35)(H2,27,29,30,31)/b15-13+/t20-/m0/s1. The second kappa shape index (κ2) is 15.0. The van der Waals surface area contributed by atoms with Crippen LogP contribution in [-0.4, -0.2) is 83.9 Å². The number of hydrogen-bond acceptors (Lipinski definition) is 7. The Balaban J connectivity index is 2.57. The van der Waals surface area contributed by atoms with Crippen LogP contribution in [0.25, 0.3) is 0 Å². The molecule has 1 heterocycles. The summed E-state index contributed by atoms with van der Waals surface area (Å²) in [6, 6.07) is -0.554. The Morgan fingerprint density at radius 1 is 1.20 bits per heavy atom. The monoisotopic (exact) mass is 485 g/mol. The first-order chi connectivity index (χ1) is 16.4. The van der Waals surface area contributed by atoms with Gasteiger partial charge in [0.25, 0.3) is 0 Å². The molecule has 1 aromatic rings. The molecule has 9 heteroatoms. The van der Waals surface area contributed by atoms with E-state index >= 15 is 0 Å². The molecule has 0 saturated carbocycles. The lowest BCUT2D eigenvalue weighted by Gasteiger charge is -2.23. The van der Waals surface area contributed by atoms with Crippen LogP contribution in [0.4, 0.5) is 11.8 Å². The zero-order valence-corrected chi connectivity index (χ0v) is 22.7. The predicted octanol–water partition coefficient (Wildman–Crippen LogP) is 2.72. The smallest absolute Gasteiger partial charge is 0.246 e. The van der Waals surface area contributed by atoms with Gasteiger partial charge in [-0.3, -0.25) is 9.59 Å². The fourth-order valence-corrected chi connectivity index (χ4v) is 2.79. The highest BCUT2D eigenvalue weighted by Crippen LogP contribution is 2.16. The molecule has 0 aliphatic rings. The third kappa shape index (κ3) is 12.2. The number of carbonyl (C=O) groups is 2. The molecule has 1 rings (SSSR count). The summed E-state index contributed by atoms with van der Waals surface area (Å²) in [6.45, 7) is 11.9. The maximum absolute atomic E-state index is 12.4. The van der Waals surface area contributed by atoms with E-state index in [0.29, 0.717) is 31.9 Å². The van der Waals surface area contributed by atoms with E-state index in [0.717, 1.165) is 24.3 Å². The number of amides is 2. The molecule has 194 valence electrons. The Labute approximate surface area is 211 Å². The molecule has 0 aliphatic heterocycles. The third-order valence-electron chi connectivity index (χ3n) is 4.86. The first-order valence-electron chi connectivity index (χ1n) is 12.2. The van der Waals surface area contributed by atoms with E-state index in [1.165, 1.54) is 11.0 Å². The molecule has 1 aromatic heterocycles. The van der Waals surface area contributed by atoms with Gasteiger partial charge in [-0.1, -0.05) is 24.8 Å². The van der Waals surface area contributed by atoms with Gasteiger partial charge in [-0.15, -0.1) is 0 Å². The fourth-order valence-electron chi connectivity index (χ4n) is 2.79. The number of aromatic nitrogens is 2. The summed E-state index contributed by atoms with van der Waals surface area (Å²) >= 11 is 0. The molecular weight excluding hydrogens is 442 g/mol. The third-order valence-corrected chi connectivity index (χ3v) is 4.86. The van der Waals surface area contributed by atoms with Crippen molar-refractivity contribution in [3.63, 3.8) is 0 Å². The molecule has 0 fully saturated rings. The van der Waals surface area contributed by atoms with Crippen LogP contribution in [0.3, 0.4) is 0 Å². The summed E-state index contributed by atoms with van der Waals surface area (Å²) in [6.07, 6.45) is 7.31. The molecule has 0 aliphatic carbocycles. The topological polar surface area (TPSA) is 102 Å². The molecule has 0 aromatic carbocycles. The largest absolute Gasteiger partial charge is 0.369 e. The SMILES string of the molecule is CCCNc1nc(NC(C)(C)C)ncc1C#CCCCNC(=O)[C@H](C)N(C)C(=O)/C=C/CN(C)C. The second-order valence-electron chi connectivity index (χ2n) is 9.74. The van der Waals surface area contributed by atoms with Crippen LogP contribution in [-0.2, 0) is 9.59 Å². The number of likely N-dealkylation sites (N-methyl/N-ethyl adjacent to an activating group) is 2. The normalized spacial score (nSPS) is 12.1. The highest BCUT2D eigenvalue weighted by atomic mass is 16.2. The number of carbonyl (C=O) groups excluding carboxylic acids is 2. The van der Waals surface area contributed by atoms with Crippen LogP contribution in [0.5, 0.6) is 0 Å². The van der Waals surface area contributed by atoms with Gasteiger partial charge in [0.15, 0.2) is 0 Å². The average Bonchev–Trinajstić information content (AvgIpc) is 2.78. The quantitative estimate of drug-likeness (QED) is 0.238. The van der Waals surface area contributed by atoms with Crippen LogP contribution in [0.15, 0.2) is 18.3 Å². The molecule has 9 nitrogen and oxygen atoms in total. The minimum atomic E-state index is -0.554. The lowest BCUT2D eigenvalue weighted by atomic mass is 10.1. The van der Waals surface area contributed by atoms with E-state index < -0.39 is 6.04 Å². The lowest BCUT2D eigenvalue weighted by molar-refractivity contribution is -0.135. The van der Waals surface area contributed by atoms with Crippen LogP contribution >= 0.6 is 0 Å². The van der Waals surface area contributed by atoms with Gasteiger partial charge in [0.2, 0.25) is 17.8 Å². The van der Waals surface area contributed by atoms with Gasteiger partial charge in [-0.25, -0.2) is 4.98 Å². The minimum absolute atomic E-state index is 0.137. The molecule has 0 bridgehead atoms. The molecule has 0 unspecified atom stereocenters. The summed E-state index contributed by atoms with van der Waals surface area (Å²) in [4.78, 5) is 37.0. The maximum atomic E-state index is 12.4. The second-order valence-corrected chi connectivity index (χ2v) is 9.74. The van der Waals surface area contributed by atoms with Crippen LogP contribution in [0.2, 0.25) is 0 Å². The van der Waals surface area contributed by atoms with Gasteiger partial charge < -0.3 is 25.8 Å². The van der Waals surface area contributed by atoms with E-state index in [1.807, 2.05) is 19.0 Å². The summed E-state index contributed by atoms with van der Waals surface area (Å²) in [5.41, 5.74) is 0.611. The Bertz CT molecular complexity index is 911. The zero-order chi connectivity index (χ0) is 26.4. The summed E-state index contributed by atoms with van der Waals surface area (Å²) < 4.78 is 0. The molecular formula is C26H43N7O2. The van der Waals surface area contributed by atoms with Gasteiger partial charge in [0.1, 0.15) is 11.9 Å². The molecule has 0 radical (unpaired) electrons. The minimum Gasteiger partial charge on any atom is -0.369 e. The van der Waals surface area contributed by atoms with Crippen LogP contribution < -0.4 is 16.0 Å². The van der Waals surface area contributed by atoms with Crippen LogP contribution in [0, 0.1) is 11.8 Å². The van der Waals surface area contributed by atoms with Crippen molar-refractivity contribution < 1.29 is 9.59 Å². The summed E-state index contributed by atoms with van der Waals surface area (Å²) in [7, 11) is 5.49. The van der Waals surface area contributed by atoms with Gasteiger partial charge in [-0.05, 0) is 54.6 Å². The fraction of sp³-hybridized carbons (Fsp3) is 0.615. The molecule has 0 spiro atoms. The molecule has 1 atom stereocenters. The van der Waals surface area contributed by atoms with Crippen molar-refractivity contribution in [2.75, 3.05) is 51.4 Å². The van der Waals surface area contributed by atoms with Crippen molar-refractivity contribution in [3.05, 3.63) is 23.9 Å². The number of nitrogens with zero attached hydrogens (tertiary/aromatic N) is 4. The Hall–Kier alpha value is -3.12. The Morgan fingerprint density at radius 2 is 1.91 bits per heavy atom. The first-order valence-corrected chi connectivity index (χ1v) is 12.2. The van der Waals surface area contributed by atoms with E-state index in [4.69, 9.17) is 0 Å². The van der Waals surface area contributed by atoms with Gasteiger partial charge in [0.05, 0.1) is 11.8 Å². The lowest BCUT2D eigenvalue weighted by Crippen LogP contribution is -2.45. The van der Waals surface area contributed by atoms with Crippen molar-refractivity contribution in [3.8, 4) is 11.8 Å². The van der Waals surface area contributed by atoms with E-state index in [1.54, 1.807) is 26.2 Å². The number of hydrogen-bond donors (Lipinski definition) is 3. The van der Waals surface area contributed by atoms with Crippen LogP contribution in [0.1, 0.15) is 59.4 Å². The molecule has 0 saturated heterocycles. The summed E-state index contributed by atoms with van der Waals surface area (Å²) in [5, 5.41) is 9.47. The highest BCUT2D eigenvalue weighted by molar-refractivity contribution is 5.92. The molecule has 35 heavy (non-hydrogen) atoms. The van der Waals surface area contributed by atoms with Crippen molar-refractivity contribution >= 4 is 23.6 Å². The van der Waals surface area contributed by atoms with Gasteiger partial charge >= 0.3 is 0 Å². The Kier molecular flexibility index (Phi) is 12.8. The number of nitrogens with one attached hydrogen (secondary N) is 3. The zero-order valence-electron chi connectivity index (χ0n) is 22.7. The van der Waals surface area contributed by atoms with Crippen molar-refractivity contribution in [2.45, 2.75) is 65.5 Å². The Morgan fingerprint density at radius 3 is 2.54 bits per heavy atom. The number of rotatable bonds is 12. The molecule has 2 amide bonds. The van der Waals surface area contributed by atoms with Crippen molar-refractivity contribution in [2.24, 2.45) is 0 Å². The van der Waals surface area contributed by atoms with E-state index in [2.05, 4.69) is 65.5 Å². The first kappa shape index (κ1) is 29.9. The van der Waals surface area contributed by atoms with Gasteiger partial charge in [-0.2, -0.15) is 4.98 Å². The number of anilines is 2. The summed E-state index contributed by atoms with van der Waals surface area (Å²) in [5.74, 6) is 7.19. The number of unbranched alkanes of at least 4 members (excludes halogenated alkanes) is 1. The predicted molar refractivity (Wildman–Crippen MR) is 143 cm³/mol. The average molecular weight is 486 g/mol. The van der Waals surface area contributed by atoms with Gasteiger partial charge in [0, 0.05) is 44.7 Å². The van der Waals surface area contributed by atoms with Crippen molar-refractivity contribution in [1.82, 2.24) is 25.1 Å². The van der Waals surface area contributed by atoms with E-state index in [9.17, 15) is 9.59 Å². The maximum Gasteiger partial charge on any atom is 0.246 e. The van der Waals surface area contributed by atoms with Crippen molar-refractivity contribution in [1.29, 1.82) is 0 Å². The molecule has 3 N–H and O–H groups in total.